The third-order valence-electron chi connectivity index (χ3n) is 5.33. The number of rotatable bonds is 5. The quantitative estimate of drug-likeness (QED) is 0.795. The van der Waals surface area contributed by atoms with E-state index in [4.69, 9.17) is 0 Å². The number of hydrogen-bond acceptors (Lipinski definition) is 3. The lowest BCUT2D eigenvalue weighted by atomic mass is 9.92. The number of carbonyl (C=O) groups is 2. The van der Waals surface area contributed by atoms with Crippen molar-refractivity contribution in [3.05, 3.63) is 46.4 Å². The molecule has 6 nitrogen and oxygen atoms in total. The van der Waals surface area contributed by atoms with Crippen LogP contribution < -0.4 is 10.9 Å². The van der Waals surface area contributed by atoms with E-state index in [2.05, 4.69) is 17.2 Å². The third-order valence-corrected chi connectivity index (χ3v) is 5.33. The Morgan fingerprint density at radius 3 is 2.81 bits per heavy atom. The molecular formula is C21H27N3O3. The normalized spacial score (nSPS) is 19.9. The van der Waals surface area contributed by atoms with E-state index in [1.807, 2.05) is 19.1 Å². The SMILES string of the molecule is CCCCNC(=O)C1CCC(C)N(C(=O)c2cc3ccccc3c(=O)[nH]2)C1. The summed E-state index contributed by atoms with van der Waals surface area (Å²) in [5.41, 5.74) is 0.00700. The minimum Gasteiger partial charge on any atom is -0.356 e. The Morgan fingerprint density at radius 1 is 1.26 bits per heavy atom. The lowest BCUT2D eigenvalue weighted by Crippen LogP contribution is -2.49. The zero-order chi connectivity index (χ0) is 19.4. The van der Waals surface area contributed by atoms with Crippen molar-refractivity contribution in [2.24, 2.45) is 5.92 Å². The Hall–Kier alpha value is -2.63. The zero-order valence-electron chi connectivity index (χ0n) is 16.0. The molecule has 2 heterocycles. The largest absolute Gasteiger partial charge is 0.356 e. The molecule has 0 radical (unpaired) electrons. The molecule has 0 aliphatic carbocycles. The summed E-state index contributed by atoms with van der Waals surface area (Å²) < 4.78 is 0. The third kappa shape index (κ3) is 4.21. The summed E-state index contributed by atoms with van der Waals surface area (Å²) in [5, 5.41) is 4.27. The van der Waals surface area contributed by atoms with Crippen molar-refractivity contribution in [1.82, 2.24) is 15.2 Å². The van der Waals surface area contributed by atoms with Crippen LogP contribution in [0.3, 0.4) is 0 Å². The number of aromatic amines is 1. The molecule has 27 heavy (non-hydrogen) atoms. The Balaban J connectivity index is 1.78. The Labute approximate surface area is 159 Å². The number of pyridine rings is 1. The molecule has 1 saturated heterocycles. The first-order valence-electron chi connectivity index (χ1n) is 9.72. The van der Waals surface area contributed by atoms with Gasteiger partial charge in [-0.2, -0.15) is 0 Å². The summed E-state index contributed by atoms with van der Waals surface area (Å²) in [6.07, 6.45) is 3.53. The van der Waals surface area contributed by atoms with Crippen LogP contribution in [0, 0.1) is 5.92 Å². The van der Waals surface area contributed by atoms with Crippen molar-refractivity contribution < 1.29 is 9.59 Å². The maximum absolute atomic E-state index is 13.1. The molecule has 2 aromatic rings. The van der Waals surface area contributed by atoms with Gasteiger partial charge < -0.3 is 15.2 Å². The van der Waals surface area contributed by atoms with E-state index >= 15 is 0 Å². The van der Waals surface area contributed by atoms with E-state index < -0.39 is 0 Å². The molecule has 2 N–H and O–H groups in total. The number of amides is 2. The van der Waals surface area contributed by atoms with Gasteiger partial charge in [-0.05, 0) is 43.7 Å². The molecule has 0 bridgehead atoms. The van der Waals surface area contributed by atoms with Gasteiger partial charge in [-0.1, -0.05) is 31.5 Å². The second kappa shape index (κ2) is 8.37. The van der Waals surface area contributed by atoms with Crippen molar-refractivity contribution in [3.8, 4) is 0 Å². The van der Waals surface area contributed by atoms with E-state index in [0.717, 1.165) is 31.1 Å². The van der Waals surface area contributed by atoms with E-state index in [1.54, 1.807) is 23.1 Å². The smallest absolute Gasteiger partial charge is 0.270 e. The molecule has 1 aromatic heterocycles. The van der Waals surface area contributed by atoms with Crippen LogP contribution in [0.15, 0.2) is 35.1 Å². The molecule has 2 atom stereocenters. The molecule has 0 spiro atoms. The summed E-state index contributed by atoms with van der Waals surface area (Å²) in [6.45, 7) is 5.13. The predicted molar refractivity (Wildman–Crippen MR) is 106 cm³/mol. The molecular weight excluding hydrogens is 342 g/mol. The van der Waals surface area contributed by atoms with E-state index in [9.17, 15) is 14.4 Å². The van der Waals surface area contributed by atoms with Gasteiger partial charge >= 0.3 is 0 Å². The Kier molecular flexibility index (Phi) is 5.94. The first-order chi connectivity index (χ1) is 13.0. The fraction of sp³-hybridized carbons (Fsp3) is 0.476. The maximum atomic E-state index is 13.1. The summed E-state index contributed by atoms with van der Waals surface area (Å²) in [5.74, 6) is -0.411. The topological polar surface area (TPSA) is 82.3 Å². The highest BCUT2D eigenvalue weighted by Gasteiger charge is 2.33. The number of unbranched alkanes of at least 4 members (excludes halogenated alkanes) is 1. The van der Waals surface area contributed by atoms with Gasteiger partial charge in [0.2, 0.25) is 5.91 Å². The number of H-pyrrole nitrogens is 1. The van der Waals surface area contributed by atoms with Crippen molar-refractivity contribution in [1.29, 1.82) is 0 Å². The van der Waals surface area contributed by atoms with Crippen LogP contribution in [0.4, 0.5) is 0 Å². The van der Waals surface area contributed by atoms with Crippen LogP contribution in [0.25, 0.3) is 10.8 Å². The molecule has 1 aliphatic rings. The molecule has 2 unspecified atom stereocenters. The van der Waals surface area contributed by atoms with Crippen molar-refractivity contribution in [2.75, 3.05) is 13.1 Å². The number of benzene rings is 1. The summed E-state index contributed by atoms with van der Waals surface area (Å²) in [7, 11) is 0. The highest BCUT2D eigenvalue weighted by molar-refractivity contribution is 5.96. The molecule has 6 heteroatoms. The van der Waals surface area contributed by atoms with Crippen LogP contribution in [0.2, 0.25) is 0 Å². The standard InChI is InChI=1S/C21H27N3O3/c1-3-4-11-22-19(25)16-10-9-14(2)24(13-16)21(27)18-12-15-7-5-6-8-17(15)20(26)23-18/h5-8,12,14,16H,3-4,9-11,13H2,1-2H3,(H,22,25)(H,23,26). The molecule has 2 amide bonds. The highest BCUT2D eigenvalue weighted by Crippen LogP contribution is 2.24. The Morgan fingerprint density at radius 2 is 2.04 bits per heavy atom. The first kappa shape index (κ1) is 19.1. The minimum atomic E-state index is -0.269. The molecule has 0 saturated carbocycles. The predicted octanol–water partition coefficient (Wildman–Crippen LogP) is 2.69. The van der Waals surface area contributed by atoms with Crippen LogP contribution in [-0.4, -0.2) is 40.8 Å². The summed E-state index contributed by atoms with van der Waals surface area (Å²) in [4.78, 5) is 42.2. The van der Waals surface area contributed by atoms with Crippen molar-refractivity contribution >= 4 is 22.6 Å². The van der Waals surface area contributed by atoms with Crippen LogP contribution in [-0.2, 0) is 4.79 Å². The maximum Gasteiger partial charge on any atom is 0.270 e. The van der Waals surface area contributed by atoms with Gasteiger partial charge in [0.1, 0.15) is 5.69 Å². The number of nitrogens with zero attached hydrogens (tertiary/aromatic N) is 1. The Bertz CT molecular complexity index is 890. The van der Waals surface area contributed by atoms with Gasteiger partial charge in [0.25, 0.3) is 11.5 Å². The van der Waals surface area contributed by atoms with Crippen molar-refractivity contribution in [3.63, 3.8) is 0 Å². The van der Waals surface area contributed by atoms with Crippen LogP contribution in [0.5, 0.6) is 0 Å². The number of hydrogen-bond donors (Lipinski definition) is 2. The number of carbonyl (C=O) groups excluding carboxylic acids is 2. The summed E-state index contributed by atoms with van der Waals surface area (Å²) >= 11 is 0. The average molecular weight is 369 g/mol. The molecule has 1 fully saturated rings. The minimum absolute atomic E-state index is 0.0140. The number of likely N-dealkylation sites (tertiary alicyclic amines) is 1. The fourth-order valence-electron chi connectivity index (χ4n) is 3.62. The van der Waals surface area contributed by atoms with Gasteiger partial charge in [-0.25, -0.2) is 0 Å². The average Bonchev–Trinajstić information content (AvgIpc) is 2.68. The van der Waals surface area contributed by atoms with Gasteiger partial charge in [0.05, 0.1) is 5.92 Å². The van der Waals surface area contributed by atoms with Crippen LogP contribution >= 0.6 is 0 Å². The van der Waals surface area contributed by atoms with Gasteiger partial charge in [0.15, 0.2) is 0 Å². The van der Waals surface area contributed by atoms with Gasteiger partial charge in [-0.15, -0.1) is 0 Å². The molecule has 3 rings (SSSR count). The van der Waals surface area contributed by atoms with Gasteiger partial charge in [0, 0.05) is 24.5 Å². The fourth-order valence-corrected chi connectivity index (χ4v) is 3.62. The van der Waals surface area contributed by atoms with Gasteiger partial charge in [-0.3, -0.25) is 14.4 Å². The molecule has 144 valence electrons. The number of fused-ring (bicyclic) bond motifs is 1. The number of piperidine rings is 1. The van der Waals surface area contributed by atoms with E-state index in [1.165, 1.54) is 0 Å². The van der Waals surface area contributed by atoms with Crippen molar-refractivity contribution in [2.45, 2.75) is 45.6 Å². The summed E-state index contributed by atoms with van der Waals surface area (Å²) in [6, 6.07) is 8.96. The first-order valence-corrected chi connectivity index (χ1v) is 9.72. The lowest BCUT2D eigenvalue weighted by molar-refractivity contribution is -0.126. The monoisotopic (exact) mass is 369 g/mol. The molecule has 1 aromatic carbocycles. The second-order valence-corrected chi connectivity index (χ2v) is 7.32. The zero-order valence-corrected chi connectivity index (χ0v) is 16.0. The van der Waals surface area contributed by atoms with Crippen LogP contribution in [0.1, 0.15) is 50.0 Å². The second-order valence-electron chi connectivity index (χ2n) is 7.32. The van der Waals surface area contributed by atoms with E-state index in [0.29, 0.717) is 18.5 Å². The number of aromatic nitrogens is 1. The lowest BCUT2D eigenvalue weighted by Gasteiger charge is -2.37. The highest BCUT2D eigenvalue weighted by atomic mass is 16.2. The van der Waals surface area contributed by atoms with E-state index in [-0.39, 0.29) is 35.0 Å². The molecule has 1 aliphatic heterocycles. The number of nitrogens with one attached hydrogen (secondary N) is 2.